The topological polar surface area (TPSA) is 121 Å². The molecule has 4 aliphatic rings. The molecule has 3 N–H and O–H groups in total. The molecule has 0 saturated heterocycles. The number of esters is 1. The van der Waals surface area contributed by atoms with Crippen LogP contribution in [0.4, 0.5) is 0 Å². The molecule has 0 spiro atoms. The van der Waals surface area contributed by atoms with E-state index in [2.05, 4.69) is 110 Å². The highest BCUT2D eigenvalue weighted by Crippen LogP contribution is 2.46. The molecule has 0 saturated carbocycles. The Kier molecular flexibility index (Phi) is 13.6. The zero-order valence-electron chi connectivity index (χ0n) is 38.5. The van der Waals surface area contributed by atoms with E-state index in [4.69, 9.17) is 14.7 Å². The van der Waals surface area contributed by atoms with Gasteiger partial charge in [0.2, 0.25) is 0 Å². The summed E-state index contributed by atoms with van der Waals surface area (Å²) in [6.07, 6.45) is 13.6. The van der Waals surface area contributed by atoms with Crippen LogP contribution in [-0.2, 0) is 31.6 Å². The van der Waals surface area contributed by atoms with Crippen molar-refractivity contribution in [3.8, 4) is 0 Å². The fraction of sp³-hybridized carbons (Fsp3) is 0.538. The average molecular weight is 815 g/mol. The fourth-order valence-corrected chi connectivity index (χ4v) is 10.2. The van der Waals surface area contributed by atoms with Gasteiger partial charge in [0.1, 0.15) is 6.61 Å². The number of rotatable bonds is 15. The van der Waals surface area contributed by atoms with Gasteiger partial charge in [0.05, 0.1) is 22.8 Å². The van der Waals surface area contributed by atoms with Crippen LogP contribution < -0.4 is 10.7 Å². The summed E-state index contributed by atoms with van der Waals surface area (Å²) < 4.78 is 5.77. The molecule has 8 heteroatoms. The average Bonchev–Trinajstić information content (AvgIpc) is 3.94. The van der Waals surface area contributed by atoms with E-state index in [-0.39, 0.29) is 48.5 Å². The molecule has 322 valence electrons. The highest BCUT2D eigenvalue weighted by atomic mass is 16.5. The van der Waals surface area contributed by atoms with E-state index in [1.54, 1.807) is 0 Å². The Morgan fingerprint density at radius 2 is 1.62 bits per heavy atom. The number of carbonyl (C=O) groups excluding carboxylic acids is 2. The van der Waals surface area contributed by atoms with E-state index in [1.165, 1.54) is 22.3 Å². The number of aromatic amines is 2. The molecular weight excluding hydrogens is 745 g/mol. The molecule has 0 amide bonds. The van der Waals surface area contributed by atoms with Crippen molar-refractivity contribution in [3.05, 3.63) is 103 Å². The molecule has 0 aromatic carbocycles. The van der Waals surface area contributed by atoms with Crippen molar-refractivity contribution in [2.24, 2.45) is 0 Å². The number of aliphatic hydroxyl groups excluding tert-OH is 1. The summed E-state index contributed by atoms with van der Waals surface area (Å²) in [6.45, 7) is 25.9. The van der Waals surface area contributed by atoms with Crippen molar-refractivity contribution >= 4 is 33.9 Å². The Hall–Kier alpha value is -4.56. The molecule has 4 atom stereocenters. The number of hydrogen-bond acceptors (Lipinski definition) is 6. The maximum absolute atomic E-state index is 14.2. The van der Waals surface area contributed by atoms with Crippen molar-refractivity contribution in [1.82, 2.24) is 19.9 Å². The molecule has 0 radical (unpaired) electrons. The second-order valence-corrected chi connectivity index (χ2v) is 18.4. The molecule has 5 heterocycles. The zero-order chi connectivity index (χ0) is 43.7. The van der Waals surface area contributed by atoms with Crippen LogP contribution in [0.2, 0.25) is 0 Å². The SMILES string of the molecule is CCC1(C)C2=c3nc1cc1[nH]c(cc4[nH]c(cc5nc(c3CC2=O)[C@@H](CCC(=O)OC/C=C(\C)CC/C=C(\C)CCC=C(C)C)[C@@H]5C)c(C)c4[C@@H](C)O)=C(C)C1(CC)CC. The Morgan fingerprint density at radius 3 is 2.27 bits per heavy atom. The summed E-state index contributed by atoms with van der Waals surface area (Å²) in [5, 5.41) is 12.9. The molecule has 1 unspecified atom stereocenters. The molecule has 0 fully saturated rings. The minimum atomic E-state index is -0.692. The number of hydrogen-bond donors (Lipinski definition) is 3. The Balaban J connectivity index is 1.39. The lowest BCUT2D eigenvalue weighted by Crippen LogP contribution is -2.27. The van der Waals surface area contributed by atoms with Gasteiger partial charge in [-0.3, -0.25) is 19.6 Å². The minimum absolute atomic E-state index is 0.0385. The lowest BCUT2D eigenvalue weighted by Gasteiger charge is -2.30. The lowest BCUT2D eigenvalue weighted by atomic mass is 9.72. The number of ketones is 1. The number of ether oxygens (including phenoxy) is 1. The van der Waals surface area contributed by atoms with Crippen LogP contribution in [0, 0.1) is 6.92 Å². The molecule has 3 aliphatic heterocycles. The van der Waals surface area contributed by atoms with Crippen LogP contribution in [0.15, 0.2) is 53.1 Å². The first-order valence-electron chi connectivity index (χ1n) is 22.6. The highest BCUT2D eigenvalue weighted by Gasteiger charge is 2.45. The summed E-state index contributed by atoms with van der Waals surface area (Å²) >= 11 is 0. The second kappa shape index (κ2) is 18.2. The second-order valence-electron chi connectivity index (χ2n) is 18.4. The summed E-state index contributed by atoms with van der Waals surface area (Å²) in [7, 11) is 0. The number of Topliss-reactive ketones (excluding diaryl/α,β-unsaturated/α-hetero) is 1. The third kappa shape index (κ3) is 8.51. The molecule has 8 nitrogen and oxygen atoms in total. The normalized spacial score (nSPS) is 21.1. The molecule has 2 aromatic rings. The molecule has 8 bridgehead atoms. The number of aliphatic hydroxyl groups is 1. The first-order valence-corrected chi connectivity index (χ1v) is 22.6. The summed E-state index contributed by atoms with van der Waals surface area (Å²) in [4.78, 5) is 45.8. The lowest BCUT2D eigenvalue weighted by molar-refractivity contribution is -0.142. The van der Waals surface area contributed by atoms with Gasteiger partial charge in [0.15, 0.2) is 5.78 Å². The van der Waals surface area contributed by atoms with Gasteiger partial charge in [-0.25, -0.2) is 0 Å². The van der Waals surface area contributed by atoms with E-state index in [9.17, 15) is 14.7 Å². The van der Waals surface area contributed by atoms with E-state index >= 15 is 0 Å². The van der Waals surface area contributed by atoms with Gasteiger partial charge < -0.3 is 19.8 Å². The molecule has 1 aliphatic carbocycles. The number of aryl methyl sites for hydroxylation is 1. The number of allylic oxidation sites excluding steroid dienone is 5. The highest BCUT2D eigenvalue weighted by molar-refractivity contribution is 6.21. The van der Waals surface area contributed by atoms with E-state index in [1.807, 2.05) is 19.9 Å². The van der Waals surface area contributed by atoms with Crippen molar-refractivity contribution in [3.63, 3.8) is 0 Å². The van der Waals surface area contributed by atoms with Crippen molar-refractivity contribution in [2.45, 2.75) is 176 Å². The summed E-state index contributed by atoms with van der Waals surface area (Å²) in [5.41, 5.74) is 13.4. The maximum atomic E-state index is 14.2. The third-order valence-corrected chi connectivity index (χ3v) is 14.4. The summed E-state index contributed by atoms with van der Waals surface area (Å²) in [5.74, 6) is -0.279. The van der Waals surface area contributed by atoms with Crippen LogP contribution in [-0.4, -0.2) is 43.4 Å². The number of fused-ring (bicyclic) bond motifs is 8. The third-order valence-electron chi connectivity index (χ3n) is 14.4. The first-order chi connectivity index (χ1) is 28.5. The predicted molar refractivity (Wildman–Crippen MR) is 245 cm³/mol. The fourth-order valence-electron chi connectivity index (χ4n) is 10.2. The minimum Gasteiger partial charge on any atom is -0.461 e. The first kappa shape index (κ1) is 45.0. The van der Waals surface area contributed by atoms with Gasteiger partial charge in [0, 0.05) is 80.0 Å². The largest absolute Gasteiger partial charge is 0.461 e. The molecule has 2 aromatic heterocycles. The Bertz CT molecular complexity index is 2450. The number of nitrogens with zero attached hydrogens (tertiary/aromatic N) is 2. The molecule has 6 rings (SSSR count). The predicted octanol–water partition coefficient (Wildman–Crippen LogP) is 10.6. The monoisotopic (exact) mass is 815 g/mol. The van der Waals surface area contributed by atoms with Gasteiger partial charge in [0.25, 0.3) is 0 Å². The van der Waals surface area contributed by atoms with Crippen LogP contribution >= 0.6 is 0 Å². The van der Waals surface area contributed by atoms with Crippen molar-refractivity contribution in [1.29, 1.82) is 0 Å². The van der Waals surface area contributed by atoms with Gasteiger partial charge >= 0.3 is 5.97 Å². The maximum Gasteiger partial charge on any atom is 0.306 e. The number of aromatic nitrogens is 4. The molecular formula is C52H70N4O4. The zero-order valence-corrected chi connectivity index (χ0v) is 38.5. The van der Waals surface area contributed by atoms with Crippen molar-refractivity contribution < 1.29 is 19.4 Å². The van der Waals surface area contributed by atoms with Crippen molar-refractivity contribution in [2.75, 3.05) is 6.61 Å². The Morgan fingerprint density at radius 1 is 0.933 bits per heavy atom. The van der Waals surface area contributed by atoms with Crippen LogP contribution in [0.3, 0.4) is 0 Å². The van der Waals surface area contributed by atoms with Gasteiger partial charge in [-0.1, -0.05) is 56.6 Å². The van der Waals surface area contributed by atoms with E-state index in [0.29, 0.717) is 6.42 Å². The summed E-state index contributed by atoms with van der Waals surface area (Å²) in [6, 6.07) is 6.46. The quantitative estimate of drug-likeness (QED) is 0.122. The molecule has 60 heavy (non-hydrogen) atoms. The van der Waals surface area contributed by atoms with E-state index in [0.717, 1.165) is 112 Å². The van der Waals surface area contributed by atoms with E-state index < -0.39 is 11.5 Å². The van der Waals surface area contributed by atoms with Gasteiger partial charge in [-0.2, -0.15) is 0 Å². The number of carbonyl (C=O) groups is 2. The van der Waals surface area contributed by atoms with Crippen LogP contribution in [0.1, 0.15) is 191 Å². The van der Waals surface area contributed by atoms with Gasteiger partial charge in [-0.15, -0.1) is 0 Å². The smallest absolute Gasteiger partial charge is 0.306 e. The van der Waals surface area contributed by atoms with Crippen LogP contribution in [0.25, 0.3) is 22.2 Å². The number of nitrogens with one attached hydrogen (secondary N) is 2. The van der Waals surface area contributed by atoms with Crippen LogP contribution in [0.5, 0.6) is 0 Å². The number of H-pyrrole nitrogens is 2. The van der Waals surface area contributed by atoms with Gasteiger partial charge in [-0.05, 0) is 142 Å². The standard InChI is InChI=1S/C52H70N4O4/c1-13-51(12)44-29-45-52(14-2,15-3)35(10)41(54-45)28-42-47(36(11)57)34(9)40(53-42)27-39-33(8)37(49(55-39)38-26-43(58)48(51)50(38)56-44)22-23-46(59)60-25-24-32(7)21-17-20-31(6)19-16-18-30(4)5/h18,20,24,27-29,33,36-37,53-54,57H,13-17,19,21-23,25-26H2,1-12H3/b31-20+,32-24+,40-27?,42-28?,45-29?,49-38?/t33-,36+,37-,51?/m0/s1. The Labute approximate surface area is 358 Å².